The monoisotopic (exact) mass is 210 g/mol. The van der Waals surface area contributed by atoms with E-state index in [1.54, 1.807) is 16.2 Å². The standard InChI is InChI=1S/C10H14N2OS/c1-6-3-9(14-7(6)2)10(13)12-4-8(11)5-12/h3,8H,4-5,11H2,1-2H3. The van der Waals surface area contributed by atoms with Crippen LogP contribution in [-0.2, 0) is 0 Å². The molecule has 0 bridgehead atoms. The zero-order valence-corrected chi connectivity index (χ0v) is 9.23. The Morgan fingerprint density at radius 3 is 2.64 bits per heavy atom. The molecule has 1 aliphatic rings. The predicted octanol–water partition coefficient (Wildman–Crippen LogP) is 1.15. The molecule has 0 spiro atoms. The molecule has 1 fully saturated rings. The Labute approximate surface area is 87.5 Å². The van der Waals surface area contributed by atoms with Gasteiger partial charge in [-0.25, -0.2) is 0 Å². The van der Waals surface area contributed by atoms with Gasteiger partial charge in [0.25, 0.3) is 5.91 Å². The van der Waals surface area contributed by atoms with Crippen molar-refractivity contribution in [1.82, 2.24) is 4.90 Å². The maximum absolute atomic E-state index is 11.8. The minimum absolute atomic E-state index is 0.132. The predicted molar refractivity (Wildman–Crippen MR) is 57.7 cm³/mol. The first-order valence-corrected chi connectivity index (χ1v) is 5.51. The van der Waals surface area contributed by atoms with Gasteiger partial charge in [-0.15, -0.1) is 11.3 Å². The fourth-order valence-corrected chi connectivity index (χ4v) is 2.51. The minimum atomic E-state index is 0.132. The minimum Gasteiger partial charge on any atom is -0.335 e. The lowest BCUT2D eigenvalue weighted by atomic mass is 10.1. The van der Waals surface area contributed by atoms with Crippen LogP contribution in [0.15, 0.2) is 6.07 Å². The van der Waals surface area contributed by atoms with Gasteiger partial charge < -0.3 is 10.6 Å². The molecule has 0 radical (unpaired) electrons. The van der Waals surface area contributed by atoms with Gasteiger partial charge in [0.15, 0.2) is 0 Å². The van der Waals surface area contributed by atoms with Gasteiger partial charge in [-0.2, -0.15) is 0 Å². The third kappa shape index (κ3) is 1.55. The maximum Gasteiger partial charge on any atom is 0.264 e. The molecule has 2 rings (SSSR count). The number of hydrogen-bond donors (Lipinski definition) is 1. The van der Waals surface area contributed by atoms with E-state index in [0.717, 1.165) is 4.88 Å². The van der Waals surface area contributed by atoms with Crippen LogP contribution in [0.2, 0.25) is 0 Å². The van der Waals surface area contributed by atoms with Crippen molar-refractivity contribution in [3.05, 3.63) is 21.4 Å². The number of likely N-dealkylation sites (tertiary alicyclic amines) is 1. The lowest BCUT2D eigenvalue weighted by Gasteiger charge is -2.36. The van der Waals surface area contributed by atoms with Crippen LogP contribution in [0.5, 0.6) is 0 Å². The highest BCUT2D eigenvalue weighted by molar-refractivity contribution is 7.14. The average Bonchev–Trinajstić information content (AvgIpc) is 2.41. The third-order valence-electron chi connectivity index (χ3n) is 2.57. The molecule has 1 aromatic rings. The van der Waals surface area contributed by atoms with Crippen molar-refractivity contribution in [3.63, 3.8) is 0 Å². The molecule has 2 heterocycles. The Hall–Kier alpha value is -0.870. The molecular formula is C10H14N2OS. The van der Waals surface area contributed by atoms with Crippen LogP contribution in [-0.4, -0.2) is 29.9 Å². The topological polar surface area (TPSA) is 46.3 Å². The molecule has 2 N–H and O–H groups in total. The molecule has 1 aromatic heterocycles. The maximum atomic E-state index is 11.8. The number of hydrogen-bond acceptors (Lipinski definition) is 3. The molecule has 0 atom stereocenters. The number of nitrogens with zero attached hydrogens (tertiary/aromatic N) is 1. The van der Waals surface area contributed by atoms with Crippen molar-refractivity contribution in [2.75, 3.05) is 13.1 Å². The molecule has 1 amide bonds. The van der Waals surface area contributed by atoms with Gasteiger partial charge >= 0.3 is 0 Å². The molecule has 0 unspecified atom stereocenters. The molecular weight excluding hydrogens is 196 g/mol. The van der Waals surface area contributed by atoms with Crippen LogP contribution in [0, 0.1) is 13.8 Å². The second-order valence-corrected chi connectivity index (χ2v) is 5.08. The lowest BCUT2D eigenvalue weighted by Crippen LogP contribution is -2.57. The summed E-state index contributed by atoms with van der Waals surface area (Å²) >= 11 is 1.57. The third-order valence-corrected chi connectivity index (χ3v) is 3.71. The van der Waals surface area contributed by atoms with Gasteiger partial charge in [0.2, 0.25) is 0 Å². The van der Waals surface area contributed by atoms with Crippen molar-refractivity contribution in [2.24, 2.45) is 5.73 Å². The van der Waals surface area contributed by atoms with Crippen LogP contribution in [0.3, 0.4) is 0 Å². The fraction of sp³-hybridized carbons (Fsp3) is 0.500. The van der Waals surface area contributed by atoms with Crippen LogP contribution >= 0.6 is 11.3 Å². The first-order chi connectivity index (χ1) is 6.58. The second-order valence-electron chi connectivity index (χ2n) is 3.82. The number of rotatable bonds is 1. The van der Waals surface area contributed by atoms with Crippen LogP contribution in [0.4, 0.5) is 0 Å². The summed E-state index contributed by atoms with van der Waals surface area (Å²) in [6, 6.07) is 2.15. The van der Waals surface area contributed by atoms with Crippen molar-refractivity contribution in [3.8, 4) is 0 Å². The number of carbonyl (C=O) groups is 1. The van der Waals surface area contributed by atoms with E-state index in [1.807, 2.05) is 19.9 Å². The summed E-state index contributed by atoms with van der Waals surface area (Å²) in [5, 5.41) is 0. The average molecular weight is 210 g/mol. The Morgan fingerprint density at radius 2 is 2.21 bits per heavy atom. The van der Waals surface area contributed by atoms with Gasteiger partial charge in [0.05, 0.1) is 4.88 Å². The number of carbonyl (C=O) groups excluding carboxylic acids is 1. The van der Waals surface area contributed by atoms with E-state index in [9.17, 15) is 4.79 Å². The van der Waals surface area contributed by atoms with Crippen molar-refractivity contribution >= 4 is 17.2 Å². The van der Waals surface area contributed by atoms with Gasteiger partial charge in [0.1, 0.15) is 0 Å². The summed E-state index contributed by atoms with van der Waals surface area (Å²) in [6.45, 7) is 5.48. The highest BCUT2D eigenvalue weighted by atomic mass is 32.1. The summed E-state index contributed by atoms with van der Waals surface area (Å²) in [4.78, 5) is 15.7. The second kappa shape index (κ2) is 3.37. The van der Waals surface area contributed by atoms with E-state index in [4.69, 9.17) is 5.73 Å². The molecule has 76 valence electrons. The van der Waals surface area contributed by atoms with Gasteiger partial charge in [0, 0.05) is 24.0 Å². The Balaban J connectivity index is 2.12. The Bertz CT molecular complexity index is 347. The molecule has 0 aromatic carbocycles. The summed E-state index contributed by atoms with van der Waals surface area (Å²) in [5.41, 5.74) is 6.83. The highest BCUT2D eigenvalue weighted by Crippen LogP contribution is 2.23. The zero-order valence-electron chi connectivity index (χ0n) is 8.41. The normalized spacial score (nSPS) is 16.9. The summed E-state index contributed by atoms with van der Waals surface area (Å²) in [6.07, 6.45) is 0. The number of aryl methyl sites for hydroxylation is 2. The summed E-state index contributed by atoms with van der Waals surface area (Å²) in [5.74, 6) is 0.132. The molecule has 4 heteroatoms. The van der Waals surface area contributed by atoms with E-state index in [2.05, 4.69) is 0 Å². The zero-order chi connectivity index (χ0) is 10.3. The van der Waals surface area contributed by atoms with Gasteiger partial charge in [-0.05, 0) is 25.5 Å². The summed E-state index contributed by atoms with van der Waals surface area (Å²) < 4.78 is 0. The largest absolute Gasteiger partial charge is 0.335 e. The number of thiophene rings is 1. The molecule has 1 saturated heterocycles. The number of nitrogens with two attached hydrogens (primary N) is 1. The van der Waals surface area contributed by atoms with E-state index >= 15 is 0 Å². The molecule has 3 nitrogen and oxygen atoms in total. The summed E-state index contributed by atoms with van der Waals surface area (Å²) in [7, 11) is 0. The first-order valence-electron chi connectivity index (χ1n) is 4.70. The van der Waals surface area contributed by atoms with Crippen LogP contribution < -0.4 is 5.73 Å². The van der Waals surface area contributed by atoms with Gasteiger partial charge in [-0.3, -0.25) is 4.79 Å². The van der Waals surface area contributed by atoms with Gasteiger partial charge in [-0.1, -0.05) is 0 Å². The van der Waals surface area contributed by atoms with E-state index in [1.165, 1.54) is 10.4 Å². The highest BCUT2D eigenvalue weighted by Gasteiger charge is 2.29. The molecule has 1 aliphatic heterocycles. The van der Waals surface area contributed by atoms with Crippen molar-refractivity contribution in [2.45, 2.75) is 19.9 Å². The SMILES string of the molecule is Cc1cc(C(=O)N2CC(N)C2)sc1C. The fourth-order valence-electron chi connectivity index (χ4n) is 1.51. The number of amides is 1. The smallest absolute Gasteiger partial charge is 0.264 e. The van der Waals surface area contributed by atoms with E-state index < -0.39 is 0 Å². The van der Waals surface area contributed by atoms with E-state index in [-0.39, 0.29) is 11.9 Å². The molecule has 0 saturated carbocycles. The molecule has 0 aliphatic carbocycles. The van der Waals surface area contributed by atoms with Crippen molar-refractivity contribution in [1.29, 1.82) is 0 Å². The quantitative estimate of drug-likeness (QED) is 0.755. The van der Waals surface area contributed by atoms with Crippen LogP contribution in [0.1, 0.15) is 20.1 Å². The van der Waals surface area contributed by atoms with E-state index in [0.29, 0.717) is 13.1 Å². The first kappa shape index (κ1) is 9.68. The van der Waals surface area contributed by atoms with Crippen molar-refractivity contribution < 1.29 is 4.79 Å². The Morgan fingerprint density at radius 1 is 1.57 bits per heavy atom. The lowest BCUT2D eigenvalue weighted by molar-refractivity contribution is 0.0613. The van der Waals surface area contributed by atoms with Crippen LogP contribution in [0.25, 0.3) is 0 Å². The Kier molecular flexibility index (Phi) is 2.33. The molecule has 14 heavy (non-hydrogen) atoms.